The highest BCUT2D eigenvalue weighted by molar-refractivity contribution is 5.70. The molecule has 2 aromatic rings. The van der Waals surface area contributed by atoms with Crippen molar-refractivity contribution in [3.63, 3.8) is 0 Å². The molecule has 0 saturated heterocycles. The number of methoxy groups -OCH3 is 2. The molecule has 0 saturated carbocycles. The Morgan fingerprint density at radius 2 is 1.63 bits per heavy atom. The first-order valence-electron chi connectivity index (χ1n) is 5.92. The molecule has 5 heteroatoms. The van der Waals surface area contributed by atoms with Crippen molar-refractivity contribution in [2.45, 2.75) is 6.92 Å². The largest absolute Gasteiger partial charge is 0.497 e. The van der Waals surface area contributed by atoms with Crippen LogP contribution in [-0.2, 0) is 0 Å². The first-order chi connectivity index (χ1) is 9.19. The van der Waals surface area contributed by atoms with Crippen LogP contribution in [-0.4, -0.2) is 31.2 Å². The van der Waals surface area contributed by atoms with Crippen molar-refractivity contribution in [3.8, 4) is 22.8 Å². The topological polar surface area (TPSA) is 56.3 Å². The van der Waals surface area contributed by atoms with Crippen molar-refractivity contribution in [2.24, 2.45) is 0 Å². The minimum atomic E-state index is 0.735. The highest BCUT2D eigenvalue weighted by Crippen LogP contribution is 2.31. The van der Waals surface area contributed by atoms with Crippen molar-refractivity contribution in [2.75, 3.05) is 26.6 Å². The lowest BCUT2D eigenvalue weighted by atomic mass is 10.1. The molecule has 0 radical (unpaired) electrons. The fourth-order valence-electron chi connectivity index (χ4n) is 1.94. The van der Waals surface area contributed by atoms with Crippen molar-refractivity contribution in [1.82, 2.24) is 9.97 Å². The molecule has 5 nitrogen and oxygen atoms in total. The number of hydrogen-bond acceptors (Lipinski definition) is 5. The Morgan fingerprint density at radius 1 is 1.00 bits per heavy atom. The summed E-state index contributed by atoms with van der Waals surface area (Å²) in [5, 5.41) is 3.05. The van der Waals surface area contributed by atoms with Gasteiger partial charge in [-0.1, -0.05) is 0 Å². The number of hydrogen-bond donors (Lipinski definition) is 1. The molecule has 0 aliphatic heterocycles. The molecule has 0 bridgehead atoms. The van der Waals surface area contributed by atoms with Crippen LogP contribution < -0.4 is 14.8 Å². The van der Waals surface area contributed by atoms with Gasteiger partial charge in [0.05, 0.1) is 19.9 Å². The Morgan fingerprint density at radius 3 is 2.16 bits per heavy atom. The molecule has 19 heavy (non-hydrogen) atoms. The quantitative estimate of drug-likeness (QED) is 0.914. The van der Waals surface area contributed by atoms with Gasteiger partial charge in [-0.3, -0.25) is 0 Å². The summed E-state index contributed by atoms with van der Waals surface area (Å²) in [6.07, 6.45) is 1.54. The second-order valence-electron chi connectivity index (χ2n) is 4.05. The van der Waals surface area contributed by atoms with E-state index in [1.165, 1.54) is 0 Å². The summed E-state index contributed by atoms with van der Waals surface area (Å²) in [6.45, 7) is 1.98. The summed E-state index contributed by atoms with van der Waals surface area (Å²) in [7, 11) is 5.10. The second-order valence-corrected chi connectivity index (χ2v) is 4.05. The number of nitrogens with one attached hydrogen (secondary N) is 1. The van der Waals surface area contributed by atoms with Gasteiger partial charge in [0.15, 0.2) is 0 Å². The molecule has 0 fully saturated rings. The van der Waals surface area contributed by atoms with E-state index in [9.17, 15) is 0 Å². The minimum absolute atomic E-state index is 0.735. The molecule has 1 N–H and O–H groups in total. The number of ether oxygens (including phenoxy) is 2. The highest BCUT2D eigenvalue weighted by atomic mass is 16.5. The van der Waals surface area contributed by atoms with Gasteiger partial charge in [-0.05, 0) is 19.1 Å². The second kappa shape index (κ2) is 5.56. The smallest absolute Gasteiger partial charge is 0.132 e. The van der Waals surface area contributed by atoms with Crippen LogP contribution >= 0.6 is 0 Å². The lowest BCUT2D eigenvalue weighted by Gasteiger charge is -2.11. The summed E-state index contributed by atoms with van der Waals surface area (Å²) >= 11 is 0. The summed E-state index contributed by atoms with van der Waals surface area (Å²) in [5.74, 6) is 2.28. The van der Waals surface area contributed by atoms with Crippen LogP contribution in [0.25, 0.3) is 11.3 Å². The first kappa shape index (κ1) is 13.1. The van der Waals surface area contributed by atoms with Gasteiger partial charge in [0.1, 0.15) is 23.6 Å². The average Bonchev–Trinajstić information content (AvgIpc) is 2.46. The average molecular weight is 259 g/mol. The molecular weight excluding hydrogens is 242 g/mol. The maximum atomic E-state index is 5.28. The van der Waals surface area contributed by atoms with E-state index in [0.717, 1.165) is 34.1 Å². The molecule has 0 atom stereocenters. The van der Waals surface area contributed by atoms with Crippen molar-refractivity contribution in [1.29, 1.82) is 0 Å². The lowest BCUT2D eigenvalue weighted by molar-refractivity contribution is 0.394. The number of nitrogens with zero attached hydrogens (tertiary/aromatic N) is 2. The molecule has 0 aliphatic carbocycles. The number of rotatable bonds is 4. The fourth-order valence-corrected chi connectivity index (χ4v) is 1.94. The fraction of sp³-hybridized carbons (Fsp3) is 0.286. The van der Waals surface area contributed by atoms with E-state index >= 15 is 0 Å². The van der Waals surface area contributed by atoms with Gasteiger partial charge in [0.2, 0.25) is 0 Å². The number of benzene rings is 1. The standard InChI is InChI=1S/C14H17N3O2/c1-9-13(16-8-17-14(9)15-2)10-5-11(18-3)7-12(6-10)19-4/h5-8H,1-4H3,(H,15,16,17). The first-order valence-corrected chi connectivity index (χ1v) is 5.92. The van der Waals surface area contributed by atoms with Gasteiger partial charge in [0.25, 0.3) is 0 Å². The van der Waals surface area contributed by atoms with Crippen LogP contribution in [0.4, 0.5) is 5.82 Å². The van der Waals surface area contributed by atoms with Gasteiger partial charge in [-0.2, -0.15) is 0 Å². The highest BCUT2D eigenvalue weighted by Gasteiger charge is 2.10. The third kappa shape index (κ3) is 2.59. The van der Waals surface area contributed by atoms with E-state index in [1.807, 2.05) is 32.2 Å². The van der Waals surface area contributed by atoms with Crippen molar-refractivity contribution in [3.05, 3.63) is 30.1 Å². The van der Waals surface area contributed by atoms with Crippen LogP contribution in [0.15, 0.2) is 24.5 Å². The van der Waals surface area contributed by atoms with E-state index in [4.69, 9.17) is 9.47 Å². The van der Waals surface area contributed by atoms with Crippen molar-refractivity contribution >= 4 is 5.82 Å². The summed E-state index contributed by atoms with van der Waals surface area (Å²) in [4.78, 5) is 8.53. The Bertz CT molecular complexity index is 563. The monoisotopic (exact) mass is 259 g/mol. The van der Waals surface area contributed by atoms with Crippen LogP contribution in [0.2, 0.25) is 0 Å². The summed E-state index contributed by atoms with van der Waals surface area (Å²) in [5.41, 5.74) is 2.78. The van der Waals surface area contributed by atoms with E-state index < -0.39 is 0 Å². The number of aromatic nitrogens is 2. The van der Waals surface area contributed by atoms with Crippen molar-refractivity contribution < 1.29 is 9.47 Å². The van der Waals surface area contributed by atoms with Crippen LogP contribution in [0.3, 0.4) is 0 Å². The van der Waals surface area contributed by atoms with E-state index in [2.05, 4.69) is 15.3 Å². The van der Waals surface area contributed by atoms with Gasteiger partial charge in [-0.15, -0.1) is 0 Å². The summed E-state index contributed by atoms with van der Waals surface area (Å²) < 4.78 is 10.6. The third-order valence-electron chi connectivity index (χ3n) is 2.95. The third-order valence-corrected chi connectivity index (χ3v) is 2.95. The molecular formula is C14H17N3O2. The Labute approximate surface area is 112 Å². The van der Waals surface area contributed by atoms with Crippen LogP contribution in [0.1, 0.15) is 5.56 Å². The molecule has 0 amide bonds. The van der Waals surface area contributed by atoms with Crippen LogP contribution in [0.5, 0.6) is 11.5 Å². The van der Waals surface area contributed by atoms with E-state index in [-0.39, 0.29) is 0 Å². The zero-order valence-electron chi connectivity index (χ0n) is 11.5. The molecule has 2 rings (SSSR count). The zero-order chi connectivity index (χ0) is 13.8. The Balaban J connectivity index is 2.58. The van der Waals surface area contributed by atoms with Gasteiger partial charge >= 0.3 is 0 Å². The maximum Gasteiger partial charge on any atom is 0.132 e. The molecule has 0 unspecified atom stereocenters. The van der Waals surface area contributed by atoms with E-state index in [0.29, 0.717) is 0 Å². The molecule has 0 spiro atoms. The predicted molar refractivity (Wildman–Crippen MR) is 74.9 cm³/mol. The summed E-state index contributed by atoms with van der Waals surface area (Å²) in [6, 6.07) is 5.69. The Kier molecular flexibility index (Phi) is 3.85. The molecule has 1 aromatic heterocycles. The van der Waals surface area contributed by atoms with Gasteiger partial charge in [-0.25, -0.2) is 9.97 Å². The zero-order valence-corrected chi connectivity index (χ0v) is 11.5. The SMILES string of the molecule is CNc1ncnc(-c2cc(OC)cc(OC)c2)c1C. The van der Waals surface area contributed by atoms with E-state index in [1.54, 1.807) is 20.5 Å². The molecule has 1 heterocycles. The normalized spacial score (nSPS) is 10.1. The van der Waals surface area contributed by atoms with Gasteiger partial charge < -0.3 is 14.8 Å². The Hall–Kier alpha value is -2.30. The lowest BCUT2D eigenvalue weighted by Crippen LogP contribution is -1.99. The van der Waals surface area contributed by atoms with Gasteiger partial charge in [0, 0.05) is 24.2 Å². The predicted octanol–water partition coefficient (Wildman–Crippen LogP) is 2.51. The maximum absolute atomic E-state index is 5.28. The van der Waals surface area contributed by atoms with Crippen LogP contribution in [0, 0.1) is 6.92 Å². The minimum Gasteiger partial charge on any atom is -0.497 e. The molecule has 1 aromatic carbocycles. The molecule has 0 aliphatic rings. The molecule has 100 valence electrons. The number of anilines is 1.